The van der Waals surface area contributed by atoms with Crippen LogP contribution in [-0.2, 0) is 0 Å². The molecule has 78 valence electrons. The summed E-state index contributed by atoms with van der Waals surface area (Å²) in [6.45, 7) is 1.42. The van der Waals surface area contributed by atoms with Crippen LogP contribution in [0.3, 0.4) is 0 Å². The largest absolute Gasteiger partial charge is 0.372 e. The summed E-state index contributed by atoms with van der Waals surface area (Å²) in [6.07, 6.45) is 0. The maximum absolute atomic E-state index is 12.6. The fourth-order valence-corrected chi connectivity index (χ4v) is 1.42. The summed E-state index contributed by atoms with van der Waals surface area (Å²) in [5.41, 5.74) is 0. The standard InChI is InChI=1S/C7H8F6/c1-3-4(2)6(10,11)7(12,13)5(3,8)9/h3-4H,1-2H3/t3-,4+. The van der Waals surface area contributed by atoms with Gasteiger partial charge < -0.3 is 0 Å². The Labute approximate surface area is 70.9 Å². The van der Waals surface area contributed by atoms with Crippen LogP contribution in [0.15, 0.2) is 0 Å². The molecule has 2 atom stereocenters. The molecule has 0 radical (unpaired) electrons. The number of hydrogen-bond acceptors (Lipinski definition) is 0. The molecule has 1 rings (SSSR count). The summed E-state index contributed by atoms with van der Waals surface area (Å²) in [5.74, 6) is -18.5. The topological polar surface area (TPSA) is 0 Å². The molecule has 0 heterocycles. The molecule has 6 heteroatoms. The van der Waals surface area contributed by atoms with Crippen molar-refractivity contribution in [1.82, 2.24) is 0 Å². The fourth-order valence-electron chi connectivity index (χ4n) is 1.42. The van der Waals surface area contributed by atoms with E-state index in [-0.39, 0.29) is 0 Å². The first kappa shape index (κ1) is 10.7. The fraction of sp³-hybridized carbons (Fsp3) is 1.00. The van der Waals surface area contributed by atoms with Crippen LogP contribution in [0.5, 0.6) is 0 Å². The van der Waals surface area contributed by atoms with Gasteiger partial charge in [-0.3, -0.25) is 0 Å². The van der Waals surface area contributed by atoms with Crippen LogP contribution in [0.1, 0.15) is 13.8 Å². The lowest BCUT2D eigenvalue weighted by Gasteiger charge is -2.24. The van der Waals surface area contributed by atoms with E-state index in [0.717, 1.165) is 0 Å². The molecule has 0 unspecified atom stereocenters. The van der Waals surface area contributed by atoms with Gasteiger partial charge in [-0.25, -0.2) is 0 Å². The van der Waals surface area contributed by atoms with Gasteiger partial charge in [0.1, 0.15) is 0 Å². The maximum Gasteiger partial charge on any atom is 0.372 e. The SMILES string of the molecule is C[C@@H]1[C@H](C)C(F)(F)C(F)(F)C1(F)F. The highest BCUT2D eigenvalue weighted by Gasteiger charge is 2.82. The second-order valence-electron chi connectivity index (χ2n) is 3.40. The van der Waals surface area contributed by atoms with E-state index < -0.39 is 29.6 Å². The molecule has 0 N–H and O–H groups in total. The van der Waals surface area contributed by atoms with Crippen LogP contribution in [-0.4, -0.2) is 17.8 Å². The minimum absolute atomic E-state index is 0.708. The third kappa shape index (κ3) is 0.942. The zero-order valence-electron chi connectivity index (χ0n) is 6.92. The van der Waals surface area contributed by atoms with Crippen LogP contribution < -0.4 is 0 Å². The molecule has 0 amide bonds. The monoisotopic (exact) mass is 206 g/mol. The number of rotatable bonds is 0. The van der Waals surface area contributed by atoms with E-state index in [2.05, 4.69) is 0 Å². The van der Waals surface area contributed by atoms with Crippen LogP contribution >= 0.6 is 0 Å². The van der Waals surface area contributed by atoms with Gasteiger partial charge in [-0.15, -0.1) is 0 Å². The Morgan fingerprint density at radius 1 is 0.692 bits per heavy atom. The van der Waals surface area contributed by atoms with E-state index in [1.165, 1.54) is 0 Å². The van der Waals surface area contributed by atoms with Gasteiger partial charge >= 0.3 is 17.8 Å². The second-order valence-corrected chi connectivity index (χ2v) is 3.40. The van der Waals surface area contributed by atoms with E-state index >= 15 is 0 Å². The minimum Gasteiger partial charge on any atom is -0.199 e. The summed E-state index contributed by atoms with van der Waals surface area (Å²) in [4.78, 5) is 0. The van der Waals surface area contributed by atoms with Crippen molar-refractivity contribution >= 4 is 0 Å². The zero-order valence-corrected chi connectivity index (χ0v) is 6.92. The third-order valence-corrected chi connectivity index (χ3v) is 2.73. The summed E-state index contributed by atoms with van der Waals surface area (Å²) >= 11 is 0. The van der Waals surface area contributed by atoms with Crippen LogP contribution in [0.4, 0.5) is 26.3 Å². The summed E-state index contributed by atoms with van der Waals surface area (Å²) in [7, 11) is 0. The lowest BCUT2D eigenvalue weighted by molar-refractivity contribution is -0.279. The molecular weight excluding hydrogens is 198 g/mol. The molecule has 1 aliphatic rings. The molecule has 0 aromatic heterocycles. The zero-order chi connectivity index (χ0) is 10.7. The first-order valence-corrected chi connectivity index (χ1v) is 3.70. The molecule has 1 aliphatic carbocycles. The van der Waals surface area contributed by atoms with Crippen molar-refractivity contribution in [2.75, 3.05) is 0 Å². The summed E-state index contributed by atoms with van der Waals surface area (Å²) < 4.78 is 75.5. The summed E-state index contributed by atoms with van der Waals surface area (Å²) in [6, 6.07) is 0. The molecule has 0 spiro atoms. The quantitative estimate of drug-likeness (QED) is 0.534. The molecule has 1 saturated carbocycles. The smallest absolute Gasteiger partial charge is 0.199 e. The van der Waals surface area contributed by atoms with Gasteiger partial charge in [0.25, 0.3) is 0 Å². The van der Waals surface area contributed by atoms with E-state index in [1.54, 1.807) is 0 Å². The Bertz CT molecular complexity index is 199. The summed E-state index contributed by atoms with van der Waals surface area (Å²) in [5, 5.41) is 0. The van der Waals surface area contributed by atoms with Crippen molar-refractivity contribution in [3.05, 3.63) is 0 Å². The minimum atomic E-state index is -5.24. The Hall–Kier alpha value is -0.420. The predicted octanol–water partition coefficient (Wildman–Crippen LogP) is 3.18. The first-order valence-electron chi connectivity index (χ1n) is 3.70. The molecule has 0 saturated heterocycles. The molecule has 13 heavy (non-hydrogen) atoms. The third-order valence-electron chi connectivity index (χ3n) is 2.73. The highest BCUT2D eigenvalue weighted by Crippen LogP contribution is 2.61. The van der Waals surface area contributed by atoms with Gasteiger partial charge in [0, 0.05) is 11.8 Å². The van der Waals surface area contributed by atoms with Crippen LogP contribution in [0, 0.1) is 11.8 Å². The lowest BCUT2D eigenvalue weighted by atomic mass is 9.97. The van der Waals surface area contributed by atoms with Gasteiger partial charge in [0.15, 0.2) is 0 Å². The first-order chi connectivity index (χ1) is 5.57. The highest BCUT2D eigenvalue weighted by atomic mass is 19.3. The molecule has 0 aromatic rings. The van der Waals surface area contributed by atoms with E-state index in [9.17, 15) is 26.3 Å². The van der Waals surface area contributed by atoms with E-state index in [1.807, 2.05) is 0 Å². The molecular formula is C7H8F6. The van der Waals surface area contributed by atoms with E-state index in [0.29, 0.717) is 13.8 Å². The number of halogens is 6. The number of alkyl halides is 6. The molecule has 0 aromatic carbocycles. The normalized spacial score (nSPS) is 40.6. The average molecular weight is 206 g/mol. The lowest BCUT2D eigenvalue weighted by Crippen LogP contribution is -2.48. The Kier molecular flexibility index (Phi) is 1.91. The van der Waals surface area contributed by atoms with Crippen molar-refractivity contribution in [1.29, 1.82) is 0 Å². The van der Waals surface area contributed by atoms with E-state index in [4.69, 9.17) is 0 Å². The molecule has 0 nitrogen and oxygen atoms in total. The predicted molar refractivity (Wildman–Crippen MR) is 33.2 cm³/mol. The van der Waals surface area contributed by atoms with Crippen LogP contribution in [0.25, 0.3) is 0 Å². The maximum atomic E-state index is 12.6. The van der Waals surface area contributed by atoms with Gasteiger partial charge in [0.05, 0.1) is 0 Å². The van der Waals surface area contributed by atoms with Crippen molar-refractivity contribution < 1.29 is 26.3 Å². The highest BCUT2D eigenvalue weighted by molar-refractivity contribution is 5.10. The molecule has 0 aliphatic heterocycles. The Morgan fingerprint density at radius 2 is 0.923 bits per heavy atom. The Balaban J connectivity index is 3.23. The van der Waals surface area contributed by atoms with Crippen molar-refractivity contribution in [3.8, 4) is 0 Å². The average Bonchev–Trinajstić information content (AvgIpc) is 2.05. The van der Waals surface area contributed by atoms with Gasteiger partial charge in [-0.05, 0) is 0 Å². The van der Waals surface area contributed by atoms with Crippen molar-refractivity contribution in [3.63, 3.8) is 0 Å². The Morgan fingerprint density at radius 3 is 1.00 bits per heavy atom. The van der Waals surface area contributed by atoms with Gasteiger partial charge in [-0.2, -0.15) is 26.3 Å². The molecule has 1 fully saturated rings. The molecule has 0 bridgehead atoms. The van der Waals surface area contributed by atoms with Gasteiger partial charge in [-0.1, -0.05) is 13.8 Å². The van der Waals surface area contributed by atoms with Crippen molar-refractivity contribution in [2.45, 2.75) is 31.6 Å². The second kappa shape index (κ2) is 2.33. The van der Waals surface area contributed by atoms with Gasteiger partial charge in [0.2, 0.25) is 0 Å². The van der Waals surface area contributed by atoms with Crippen molar-refractivity contribution in [2.24, 2.45) is 11.8 Å². The van der Waals surface area contributed by atoms with Crippen LogP contribution in [0.2, 0.25) is 0 Å². The number of hydrogen-bond donors (Lipinski definition) is 0.